The second-order valence-corrected chi connectivity index (χ2v) is 38.5. The average Bonchev–Trinajstić information content (AvgIpc) is 1.57. The zero-order chi connectivity index (χ0) is 86.3. The van der Waals surface area contributed by atoms with Gasteiger partial charge in [-0.25, -0.2) is 0 Å². The number of rotatable bonds is 17. The van der Waals surface area contributed by atoms with Crippen LogP contribution in [0.1, 0.15) is 251 Å². The molecule has 9 aliphatic carbocycles. The smallest absolute Gasteiger partial charge is 0.492 e. The molecule has 648 valence electrons. The lowest BCUT2D eigenvalue weighted by Crippen LogP contribution is -2.37. The van der Waals surface area contributed by atoms with E-state index in [0.29, 0.717) is 66.1 Å². The number of aliphatic hydroxyl groups is 3. The zero-order valence-corrected chi connectivity index (χ0v) is 72.2. The summed E-state index contributed by atoms with van der Waals surface area (Å²) in [5.41, 5.74) is 7.67. The SMILES string of the molecule is CC(C)(C)c1ccccc1OC1CC(O)C1.CC(C)(C)c1ccccc1OC1CC(O)C1.CC(F)(F)Oc1cccc(OC2CC(O)C2)c1.CC1CC(Oc2ccc(C#N)c(OC(F)(F)F)c2)C1.CC1CC(Oc2ccc(C#N)cc2C(C)(C)C)C1.CC1CC(Oc2cccc3c2C2(CC2)CO3)C1.CC1CC(Oc2cccc3c2C2(CC2)CO3)C1. The summed E-state index contributed by atoms with van der Waals surface area (Å²) in [4.78, 5) is 0. The fraction of sp³-hybridized carbons (Fsp3) is 0.556. The number of para-hydroxylation sites is 2. The summed E-state index contributed by atoms with van der Waals surface area (Å²) in [5, 5.41) is 45.3. The van der Waals surface area contributed by atoms with Crippen LogP contribution in [0, 0.1) is 46.3 Å². The highest BCUT2D eigenvalue weighted by Crippen LogP contribution is 2.60. The van der Waals surface area contributed by atoms with E-state index in [1.807, 2.05) is 54.6 Å². The molecule has 9 saturated carbocycles. The molecule has 7 aromatic rings. The Morgan fingerprint density at radius 2 is 0.700 bits per heavy atom. The van der Waals surface area contributed by atoms with Crippen LogP contribution in [0.4, 0.5) is 22.0 Å². The Balaban J connectivity index is 0.000000128. The van der Waals surface area contributed by atoms with E-state index in [0.717, 1.165) is 134 Å². The number of hydrogen-bond acceptors (Lipinski definition) is 16. The maximum Gasteiger partial charge on any atom is 0.573 e. The fourth-order valence-electron chi connectivity index (χ4n) is 16.4. The summed E-state index contributed by atoms with van der Waals surface area (Å²) in [6.45, 7) is 30.9. The Morgan fingerprint density at radius 3 is 1.07 bits per heavy atom. The number of halogens is 5. The van der Waals surface area contributed by atoms with Crippen LogP contribution >= 0.6 is 0 Å². The number of nitriles is 2. The van der Waals surface area contributed by atoms with Crippen molar-refractivity contribution < 1.29 is 89.4 Å². The van der Waals surface area contributed by atoms with E-state index in [9.17, 15) is 32.2 Å². The molecule has 0 amide bonds. The summed E-state index contributed by atoms with van der Waals surface area (Å²) >= 11 is 0. The van der Waals surface area contributed by atoms with Gasteiger partial charge in [-0.2, -0.15) is 19.3 Å². The van der Waals surface area contributed by atoms with Crippen molar-refractivity contribution in [2.24, 2.45) is 23.7 Å². The van der Waals surface area contributed by atoms with Crippen molar-refractivity contribution in [3.05, 3.63) is 185 Å². The van der Waals surface area contributed by atoms with Gasteiger partial charge in [0.1, 0.15) is 81.9 Å². The van der Waals surface area contributed by atoms with Gasteiger partial charge in [0.2, 0.25) is 0 Å². The second-order valence-electron chi connectivity index (χ2n) is 38.5. The highest BCUT2D eigenvalue weighted by Gasteiger charge is 2.54. The van der Waals surface area contributed by atoms with Crippen LogP contribution in [0.5, 0.6) is 63.2 Å². The monoisotopic (exact) mass is 1660 g/mol. The van der Waals surface area contributed by atoms with Crippen LogP contribution in [-0.4, -0.2) is 102 Å². The molecule has 7 aromatic carbocycles. The van der Waals surface area contributed by atoms with E-state index < -0.39 is 18.2 Å². The Labute approximate surface area is 706 Å². The molecule has 0 unspecified atom stereocenters. The molecule has 21 heteroatoms. The van der Waals surface area contributed by atoms with E-state index in [1.165, 1.54) is 97.9 Å². The largest absolute Gasteiger partial charge is 0.573 e. The van der Waals surface area contributed by atoms with E-state index in [-0.39, 0.29) is 76.0 Å². The molecule has 0 saturated heterocycles. The van der Waals surface area contributed by atoms with Crippen molar-refractivity contribution in [3.63, 3.8) is 0 Å². The third kappa shape index (κ3) is 24.6. The van der Waals surface area contributed by atoms with Gasteiger partial charge in [0.05, 0.1) is 73.1 Å². The van der Waals surface area contributed by atoms with E-state index in [1.54, 1.807) is 18.2 Å². The molecule has 0 atom stereocenters. The molecule has 11 aliphatic rings. The first-order chi connectivity index (χ1) is 56.7. The predicted octanol–water partition coefficient (Wildman–Crippen LogP) is 22.6. The molecule has 16 nitrogen and oxygen atoms in total. The molecule has 0 aromatic heterocycles. The topological polar surface area (TPSA) is 210 Å². The lowest BCUT2D eigenvalue weighted by atomic mass is 9.83. The summed E-state index contributed by atoms with van der Waals surface area (Å²) in [7, 11) is 0. The number of alkyl halides is 5. The van der Waals surface area contributed by atoms with Gasteiger partial charge in [0.25, 0.3) is 0 Å². The Kier molecular flexibility index (Phi) is 28.3. The lowest BCUT2D eigenvalue weighted by molar-refractivity contribution is -0.274. The van der Waals surface area contributed by atoms with Crippen LogP contribution in [0.15, 0.2) is 146 Å². The predicted molar refractivity (Wildman–Crippen MR) is 452 cm³/mol. The first-order valence-corrected chi connectivity index (χ1v) is 43.1. The Morgan fingerprint density at radius 1 is 0.350 bits per heavy atom. The van der Waals surface area contributed by atoms with Crippen LogP contribution in [0.3, 0.4) is 0 Å². The number of fused-ring (bicyclic) bond motifs is 4. The van der Waals surface area contributed by atoms with Gasteiger partial charge in [-0.15, -0.1) is 13.2 Å². The van der Waals surface area contributed by atoms with Crippen molar-refractivity contribution in [2.45, 2.75) is 313 Å². The minimum atomic E-state index is -4.82. The normalized spacial score (nSPS) is 26.0. The fourth-order valence-corrected chi connectivity index (χ4v) is 16.4. The molecule has 0 radical (unpaired) electrons. The molecule has 0 bridgehead atoms. The zero-order valence-electron chi connectivity index (χ0n) is 72.2. The van der Waals surface area contributed by atoms with Gasteiger partial charge in [-0.05, 0) is 207 Å². The Bertz CT molecular complexity index is 4470. The second kappa shape index (κ2) is 37.7. The van der Waals surface area contributed by atoms with Crippen LogP contribution in [0.2, 0.25) is 0 Å². The molecule has 2 spiro atoms. The van der Waals surface area contributed by atoms with Crippen molar-refractivity contribution in [1.82, 2.24) is 0 Å². The van der Waals surface area contributed by atoms with Crippen LogP contribution in [-0.2, 0) is 27.1 Å². The quantitative estimate of drug-likeness (QED) is 0.0724. The molecular weight excluding hydrogens is 1540 g/mol. The van der Waals surface area contributed by atoms with E-state index in [4.69, 9.17) is 58.3 Å². The number of aliphatic hydroxyl groups excluding tert-OH is 3. The molecule has 3 N–H and O–H groups in total. The standard InChI is InChI=1S/C16H21NO.2C15H18O2.2C14H20O2.C13H12F3NO2.C12H14F2O3/c1-11-7-13(8-11)18-15-6-5-12(10-17)9-14(15)16(2,3)4;2*1-10-7-11(8-10)17-13-4-2-3-12-14(13)15(5-6-15)9-16-12;2*1-14(2,3)12-6-4-5-7-13(12)16-11-8-10(15)9-11;1-8-4-11(5-8)18-10-3-2-9(7-17)12(6-10)19-13(14,15)16;1-12(13,14)17-10-4-2-3-9(7-10)16-11-5-8(15)6-11/h5-6,9,11,13H,7-8H2,1-4H3;2*2-4,10-11H,5-9H2,1H3;2*4-7,10-11,15H,8-9H2,1-3H3;2-3,6,8,11H,4-5H2,1H3;2-4,7-8,11,15H,5-6H2,1H3. The highest BCUT2D eigenvalue weighted by atomic mass is 19.4. The molecule has 9 fully saturated rings. The molecule has 120 heavy (non-hydrogen) atoms. The number of ether oxygens (including phenoxy) is 11. The number of hydrogen-bond donors (Lipinski definition) is 3. The van der Waals surface area contributed by atoms with Gasteiger partial charge >= 0.3 is 12.5 Å². The lowest BCUT2D eigenvalue weighted by Gasteiger charge is -2.34. The molecule has 2 aliphatic heterocycles. The molecular formula is C99H123F5N2O14. The van der Waals surface area contributed by atoms with E-state index in [2.05, 4.69) is 154 Å². The third-order valence-corrected chi connectivity index (χ3v) is 24.1. The number of benzene rings is 7. The maximum absolute atomic E-state index is 12.6. The molecule has 2 heterocycles. The summed E-state index contributed by atoms with van der Waals surface area (Å²) in [6, 6.07) is 48.4. The summed E-state index contributed by atoms with van der Waals surface area (Å²) in [5.74, 6) is 10.5. The average molecular weight is 1660 g/mol. The van der Waals surface area contributed by atoms with Gasteiger partial charge in [0.15, 0.2) is 5.75 Å². The van der Waals surface area contributed by atoms with Crippen LogP contribution in [0.25, 0.3) is 0 Å². The third-order valence-electron chi connectivity index (χ3n) is 24.1. The van der Waals surface area contributed by atoms with Crippen molar-refractivity contribution in [2.75, 3.05) is 13.2 Å². The van der Waals surface area contributed by atoms with Gasteiger partial charge < -0.3 is 67.4 Å². The van der Waals surface area contributed by atoms with Gasteiger partial charge in [-0.3, -0.25) is 0 Å². The first kappa shape index (κ1) is 90.1. The maximum atomic E-state index is 12.6. The minimum Gasteiger partial charge on any atom is -0.492 e. The minimum absolute atomic E-state index is 0.00242. The van der Waals surface area contributed by atoms with Crippen molar-refractivity contribution in [1.29, 1.82) is 10.5 Å². The van der Waals surface area contributed by atoms with Crippen molar-refractivity contribution in [3.8, 4) is 75.4 Å². The Hall–Kier alpha value is -9.15. The first-order valence-electron chi connectivity index (χ1n) is 43.1. The summed E-state index contributed by atoms with van der Waals surface area (Å²) < 4.78 is 123. The van der Waals surface area contributed by atoms with Gasteiger partial charge in [-0.1, -0.05) is 145 Å². The highest BCUT2D eigenvalue weighted by molar-refractivity contribution is 5.57. The van der Waals surface area contributed by atoms with Crippen LogP contribution < -0.4 is 52.1 Å². The summed E-state index contributed by atoms with van der Waals surface area (Å²) in [6.07, 6.45) is 11.1. The van der Waals surface area contributed by atoms with Gasteiger partial charge in [0, 0.05) is 85.1 Å². The molecule has 18 rings (SSSR count). The van der Waals surface area contributed by atoms with Crippen molar-refractivity contribution >= 4 is 0 Å². The van der Waals surface area contributed by atoms with E-state index >= 15 is 0 Å². The number of nitrogens with zero attached hydrogens (tertiary/aromatic N) is 2.